The molecule has 1 unspecified atom stereocenters. The van der Waals surface area contributed by atoms with Gasteiger partial charge in [0.05, 0.1) is 25.2 Å². The molecule has 9 rings (SSSR count). The lowest BCUT2D eigenvalue weighted by Gasteiger charge is -2.55. The van der Waals surface area contributed by atoms with Gasteiger partial charge in [-0.3, -0.25) is 34.1 Å². The number of rotatable bonds is 9. The van der Waals surface area contributed by atoms with E-state index < -0.39 is 6.04 Å². The van der Waals surface area contributed by atoms with E-state index in [-0.39, 0.29) is 29.7 Å². The number of nitrogens with zero attached hydrogens (tertiary/aromatic N) is 7. The minimum atomic E-state index is -0.591. The Morgan fingerprint density at radius 1 is 0.909 bits per heavy atom. The zero-order chi connectivity index (χ0) is 38.2. The van der Waals surface area contributed by atoms with Crippen LogP contribution >= 0.6 is 0 Å². The van der Waals surface area contributed by atoms with Crippen LogP contribution in [-0.4, -0.2) is 113 Å². The molecule has 14 heteroatoms. The minimum Gasteiger partial charge on any atom is -0.496 e. The van der Waals surface area contributed by atoms with Crippen LogP contribution in [0.3, 0.4) is 0 Å². The third-order valence-electron chi connectivity index (χ3n) is 12.7. The Morgan fingerprint density at radius 3 is 2.33 bits per heavy atom. The quantitative estimate of drug-likeness (QED) is 0.255. The van der Waals surface area contributed by atoms with Crippen molar-refractivity contribution < 1.29 is 23.9 Å². The number of anilines is 1. The number of fused-ring (bicyclic) bond motifs is 2. The lowest BCUT2D eigenvalue weighted by molar-refractivity contribution is -0.136. The Hall–Kier alpha value is -5.21. The third-order valence-corrected chi connectivity index (χ3v) is 12.7. The first kappa shape index (κ1) is 35.5. The van der Waals surface area contributed by atoms with Crippen molar-refractivity contribution in [2.75, 3.05) is 64.9 Å². The maximum absolute atomic E-state index is 13.3. The second-order valence-electron chi connectivity index (χ2n) is 16.3. The van der Waals surface area contributed by atoms with Gasteiger partial charge in [0, 0.05) is 101 Å². The van der Waals surface area contributed by atoms with Gasteiger partial charge in [-0.1, -0.05) is 6.07 Å². The molecule has 0 saturated carbocycles. The number of ether oxygens (including phenoxy) is 2. The summed E-state index contributed by atoms with van der Waals surface area (Å²) in [4.78, 5) is 59.3. The van der Waals surface area contributed by atoms with Crippen LogP contribution in [0.1, 0.15) is 47.2 Å². The first-order valence-corrected chi connectivity index (χ1v) is 19.3. The SMILES string of the molecule is COc1cc(-c2cn(C)c(=O)c3cn(C)nc23)cc(OC)c1CN1CC(CN2CCC3(CC2)CN(c2ccc4c(c2)C(=O)N(C2CCC(=O)NC2=O)C4)C3)C1. The maximum atomic E-state index is 13.3. The highest BCUT2D eigenvalue weighted by molar-refractivity contribution is 6.05. The van der Waals surface area contributed by atoms with E-state index in [0.29, 0.717) is 40.8 Å². The van der Waals surface area contributed by atoms with Crippen LogP contribution in [-0.2, 0) is 36.8 Å². The zero-order valence-electron chi connectivity index (χ0n) is 32.0. The number of amides is 3. The normalized spacial score (nSPS) is 21.5. The molecular formula is C41H48N8O6. The minimum absolute atomic E-state index is 0.0808. The summed E-state index contributed by atoms with van der Waals surface area (Å²) in [7, 11) is 6.96. The highest BCUT2D eigenvalue weighted by Gasteiger charge is 2.46. The van der Waals surface area contributed by atoms with Crippen molar-refractivity contribution in [2.24, 2.45) is 25.4 Å². The number of benzene rings is 2. The molecule has 0 aliphatic carbocycles. The Kier molecular flexibility index (Phi) is 8.72. The van der Waals surface area contributed by atoms with Crippen molar-refractivity contribution >= 4 is 34.3 Å². The maximum Gasteiger partial charge on any atom is 0.261 e. The van der Waals surface area contributed by atoms with Gasteiger partial charge < -0.3 is 28.7 Å². The van der Waals surface area contributed by atoms with Crippen LogP contribution in [0.4, 0.5) is 5.69 Å². The third kappa shape index (κ3) is 6.24. The molecule has 4 saturated heterocycles. The molecule has 4 aromatic rings. The second-order valence-corrected chi connectivity index (χ2v) is 16.3. The molecule has 0 radical (unpaired) electrons. The van der Waals surface area contributed by atoms with Gasteiger partial charge in [-0.2, -0.15) is 5.10 Å². The molecule has 288 valence electrons. The monoisotopic (exact) mass is 748 g/mol. The van der Waals surface area contributed by atoms with E-state index in [2.05, 4.69) is 31.2 Å². The standard InChI is InChI=1S/C41H48N8O6/c1-44-20-30(37-32(39(44)52)21-45(2)43-37)27-13-34(54-3)31(35(14-27)55-4)22-47-17-25(18-47)16-46-11-9-41(10-12-46)23-48(24-41)28-6-5-26-19-49(40(53)29(26)15-28)33-7-8-36(50)42-38(33)51/h5-6,13-15,20-21,25,33H,7-12,16-19,22-24H2,1-4H3,(H,42,50,51). The summed E-state index contributed by atoms with van der Waals surface area (Å²) >= 11 is 0. The highest BCUT2D eigenvalue weighted by Crippen LogP contribution is 2.44. The molecule has 7 heterocycles. The van der Waals surface area contributed by atoms with E-state index in [9.17, 15) is 19.2 Å². The number of aromatic nitrogens is 3. The van der Waals surface area contributed by atoms with Crippen LogP contribution in [0.5, 0.6) is 11.5 Å². The molecule has 5 aliphatic heterocycles. The summed E-state index contributed by atoms with van der Waals surface area (Å²) in [5.74, 6) is 1.37. The van der Waals surface area contributed by atoms with Crippen LogP contribution in [0.15, 0.2) is 47.5 Å². The molecule has 2 aromatic heterocycles. The molecular weight excluding hydrogens is 701 g/mol. The van der Waals surface area contributed by atoms with Gasteiger partial charge in [-0.15, -0.1) is 0 Å². The fourth-order valence-corrected chi connectivity index (χ4v) is 9.58. The number of piperidine rings is 2. The van der Waals surface area contributed by atoms with E-state index in [1.54, 1.807) is 41.6 Å². The lowest BCUT2D eigenvalue weighted by atomic mass is 9.71. The number of carbonyl (C=O) groups excluding carboxylic acids is 3. The number of carbonyl (C=O) groups is 3. The van der Waals surface area contributed by atoms with Gasteiger partial charge in [0.2, 0.25) is 11.8 Å². The van der Waals surface area contributed by atoms with Gasteiger partial charge in [0.15, 0.2) is 0 Å². The van der Waals surface area contributed by atoms with Crippen molar-refractivity contribution in [3.8, 4) is 22.6 Å². The summed E-state index contributed by atoms with van der Waals surface area (Å²) in [6.07, 6.45) is 6.57. The average molecular weight is 749 g/mol. The van der Waals surface area contributed by atoms with Crippen LogP contribution < -0.4 is 25.2 Å². The number of methoxy groups -OCH3 is 2. The Bertz CT molecular complexity index is 2250. The van der Waals surface area contributed by atoms with E-state index in [1.807, 2.05) is 37.5 Å². The predicted octanol–water partition coefficient (Wildman–Crippen LogP) is 2.75. The number of likely N-dealkylation sites (tertiary alicyclic amines) is 2. The summed E-state index contributed by atoms with van der Waals surface area (Å²) < 4.78 is 15.1. The number of pyridine rings is 1. The van der Waals surface area contributed by atoms with Crippen molar-refractivity contribution in [1.29, 1.82) is 0 Å². The van der Waals surface area contributed by atoms with Gasteiger partial charge in [0.25, 0.3) is 11.5 Å². The number of aryl methyl sites for hydroxylation is 2. The fraction of sp³-hybridized carbons (Fsp3) is 0.488. The van der Waals surface area contributed by atoms with Gasteiger partial charge >= 0.3 is 0 Å². The number of nitrogens with one attached hydrogen (secondary N) is 1. The van der Waals surface area contributed by atoms with Crippen LogP contribution in [0.25, 0.3) is 22.0 Å². The van der Waals surface area contributed by atoms with E-state index in [4.69, 9.17) is 9.47 Å². The van der Waals surface area contributed by atoms with Crippen molar-refractivity contribution in [3.63, 3.8) is 0 Å². The summed E-state index contributed by atoms with van der Waals surface area (Å²) in [5, 5.41) is 7.55. The zero-order valence-corrected chi connectivity index (χ0v) is 32.0. The fourth-order valence-electron chi connectivity index (χ4n) is 9.58. The highest BCUT2D eigenvalue weighted by atomic mass is 16.5. The second kappa shape index (κ2) is 13.5. The smallest absolute Gasteiger partial charge is 0.261 e. The number of imide groups is 1. The molecule has 14 nitrogen and oxygen atoms in total. The molecule has 3 amide bonds. The molecule has 4 fully saturated rings. The average Bonchev–Trinajstić information content (AvgIpc) is 3.70. The first-order valence-electron chi connectivity index (χ1n) is 19.3. The molecule has 1 spiro atoms. The van der Waals surface area contributed by atoms with Gasteiger partial charge in [-0.25, -0.2) is 0 Å². The molecule has 5 aliphatic rings. The molecule has 2 aromatic carbocycles. The van der Waals surface area contributed by atoms with Crippen molar-refractivity contribution in [2.45, 2.75) is 44.8 Å². The number of hydrogen-bond acceptors (Lipinski definition) is 10. The predicted molar refractivity (Wildman–Crippen MR) is 206 cm³/mol. The van der Waals surface area contributed by atoms with E-state index in [0.717, 1.165) is 91.8 Å². The molecule has 1 atom stereocenters. The Balaban J connectivity index is 0.772. The van der Waals surface area contributed by atoms with Crippen LogP contribution in [0.2, 0.25) is 0 Å². The number of hydrogen-bond donors (Lipinski definition) is 1. The Morgan fingerprint density at radius 2 is 1.64 bits per heavy atom. The topological polar surface area (TPSA) is 134 Å². The van der Waals surface area contributed by atoms with Crippen molar-refractivity contribution in [3.05, 3.63) is 69.8 Å². The molecule has 1 N–H and O–H groups in total. The molecule has 0 bridgehead atoms. The molecule has 55 heavy (non-hydrogen) atoms. The largest absolute Gasteiger partial charge is 0.496 e. The van der Waals surface area contributed by atoms with Gasteiger partial charge in [-0.05, 0) is 73.7 Å². The van der Waals surface area contributed by atoms with E-state index in [1.165, 1.54) is 12.8 Å². The van der Waals surface area contributed by atoms with Crippen molar-refractivity contribution in [1.82, 2.24) is 34.4 Å². The summed E-state index contributed by atoms with van der Waals surface area (Å²) in [6, 6.07) is 9.59. The summed E-state index contributed by atoms with van der Waals surface area (Å²) in [5.41, 5.74) is 6.33. The summed E-state index contributed by atoms with van der Waals surface area (Å²) in [6.45, 7) is 8.50. The Labute approximate surface area is 319 Å². The van der Waals surface area contributed by atoms with E-state index >= 15 is 0 Å². The lowest BCUT2D eigenvalue weighted by Crippen LogP contribution is -2.61. The first-order chi connectivity index (χ1) is 26.5. The van der Waals surface area contributed by atoms with Gasteiger partial charge in [0.1, 0.15) is 23.1 Å². The van der Waals surface area contributed by atoms with Crippen LogP contribution in [0, 0.1) is 11.3 Å².